The molecule has 2 heterocycles. The zero-order valence-electron chi connectivity index (χ0n) is 15.6. The first-order valence-corrected chi connectivity index (χ1v) is 9.37. The molecule has 0 atom stereocenters. The number of anilines is 3. The SMILES string of the molecule is CC(=O)Nc1ccc(NC(=O)C2CCN(c3nc4ccccc4o3)CC2)cc1. The van der Waals surface area contributed by atoms with Crippen molar-refractivity contribution in [3.63, 3.8) is 0 Å². The lowest BCUT2D eigenvalue weighted by Gasteiger charge is -2.30. The predicted octanol–water partition coefficient (Wildman–Crippen LogP) is 3.64. The van der Waals surface area contributed by atoms with E-state index >= 15 is 0 Å². The highest BCUT2D eigenvalue weighted by atomic mass is 16.4. The maximum Gasteiger partial charge on any atom is 0.298 e. The number of hydrogen-bond acceptors (Lipinski definition) is 5. The van der Waals surface area contributed by atoms with Gasteiger partial charge in [0.1, 0.15) is 5.52 Å². The third kappa shape index (κ3) is 3.98. The van der Waals surface area contributed by atoms with Crippen molar-refractivity contribution >= 4 is 40.3 Å². The van der Waals surface area contributed by atoms with Gasteiger partial charge in [0.25, 0.3) is 6.01 Å². The van der Waals surface area contributed by atoms with Gasteiger partial charge in [0.15, 0.2) is 5.58 Å². The van der Waals surface area contributed by atoms with E-state index in [1.165, 1.54) is 6.92 Å². The van der Waals surface area contributed by atoms with Crippen LogP contribution < -0.4 is 15.5 Å². The summed E-state index contributed by atoms with van der Waals surface area (Å²) in [5.74, 6) is -0.150. The monoisotopic (exact) mass is 378 g/mol. The summed E-state index contributed by atoms with van der Waals surface area (Å²) in [4.78, 5) is 30.3. The Labute approximate surface area is 162 Å². The fourth-order valence-corrected chi connectivity index (χ4v) is 3.41. The van der Waals surface area contributed by atoms with Crippen molar-refractivity contribution in [1.29, 1.82) is 0 Å². The van der Waals surface area contributed by atoms with Crippen LogP contribution in [-0.4, -0.2) is 29.9 Å². The van der Waals surface area contributed by atoms with Crippen LogP contribution in [0, 0.1) is 5.92 Å². The van der Waals surface area contributed by atoms with E-state index in [0.717, 1.165) is 42.7 Å². The largest absolute Gasteiger partial charge is 0.423 e. The van der Waals surface area contributed by atoms with E-state index in [9.17, 15) is 9.59 Å². The third-order valence-electron chi connectivity index (χ3n) is 4.89. The Morgan fingerprint density at radius 2 is 1.64 bits per heavy atom. The number of benzene rings is 2. The number of hydrogen-bond donors (Lipinski definition) is 2. The van der Waals surface area contributed by atoms with E-state index in [2.05, 4.69) is 20.5 Å². The zero-order valence-corrected chi connectivity index (χ0v) is 15.6. The van der Waals surface area contributed by atoms with Crippen molar-refractivity contribution in [3.8, 4) is 0 Å². The highest BCUT2D eigenvalue weighted by Crippen LogP contribution is 2.27. The second-order valence-corrected chi connectivity index (χ2v) is 6.97. The van der Waals surface area contributed by atoms with Gasteiger partial charge in [-0.1, -0.05) is 12.1 Å². The van der Waals surface area contributed by atoms with Crippen molar-refractivity contribution in [1.82, 2.24) is 4.98 Å². The lowest BCUT2D eigenvalue weighted by Crippen LogP contribution is -2.38. The Bertz CT molecular complexity index is 955. The molecule has 7 heteroatoms. The minimum Gasteiger partial charge on any atom is -0.423 e. The van der Waals surface area contributed by atoms with Gasteiger partial charge < -0.3 is 20.0 Å². The van der Waals surface area contributed by atoms with Gasteiger partial charge >= 0.3 is 0 Å². The van der Waals surface area contributed by atoms with E-state index in [0.29, 0.717) is 11.7 Å². The van der Waals surface area contributed by atoms with Gasteiger partial charge in [-0.3, -0.25) is 9.59 Å². The van der Waals surface area contributed by atoms with Crippen molar-refractivity contribution in [3.05, 3.63) is 48.5 Å². The molecule has 0 spiro atoms. The van der Waals surface area contributed by atoms with Gasteiger partial charge in [0.2, 0.25) is 11.8 Å². The normalized spacial score (nSPS) is 14.8. The van der Waals surface area contributed by atoms with Gasteiger partial charge in [-0.15, -0.1) is 0 Å². The summed E-state index contributed by atoms with van der Waals surface area (Å²) in [6, 6.07) is 15.4. The predicted molar refractivity (Wildman–Crippen MR) is 108 cm³/mol. The number of piperidine rings is 1. The molecule has 0 radical (unpaired) electrons. The number of para-hydroxylation sites is 2. The van der Waals surface area contributed by atoms with Gasteiger partial charge in [-0.2, -0.15) is 4.98 Å². The van der Waals surface area contributed by atoms with E-state index in [4.69, 9.17) is 4.42 Å². The molecule has 3 aromatic rings. The molecule has 1 fully saturated rings. The molecule has 2 amide bonds. The van der Waals surface area contributed by atoms with Crippen LogP contribution in [0.15, 0.2) is 52.9 Å². The van der Waals surface area contributed by atoms with Gasteiger partial charge in [0.05, 0.1) is 0 Å². The van der Waals surface area contributed by atoms with Crippen LogP contribution in [0.4, 0.5) is 17.4 Å². The molecule has 7 nitrogen and oxygen atoms in total. The number of carbonyl (C=O) groups excluding carboxylic acids is 2. The first-order valence-electron chi connectivity index (χ1n) is 9.37. The molecule has 0 saturated carbocycles. The lowest BCUT2D eigenvalue weighted by atomic mass is 9.96. The maximum atomic E-state index is 12.6. The van der Waals surface area contributed by atoms with Crippen molar-refractivity contribution < 1.29 is 14.0 Å². The van der Waals surface area contributed by atoms with E-state index in [1.54, 1.807) is 24.3 Å². The van der Waals surface area contributed by atoms with Crippen molar-refractivity contribution in [2.75, 3.05) is 28.6 Å². The molecule has 1 aromatic heterocycles. The zero-order chi connectivity index (χ0) is 19.5. The number of carbonyl (C=O) groups is 2. The number of nitrogens with one attached hydrogen (secondary N) is 2. The third-order valence-corrected chi connectivity index (χ3v) is 4.89. The molecule has 1 saturated heterocycles. The highest BCUT2D eigenvalue weighted by Gasteiger charge is 2.27. The molecule has 144 valence electrons. The molecule has 2 N–H and O–H groups in total. The first kappa shape index (κ1) is 18.0. The lowest BCUT2D eigenvalue weighted by molar-refractivity contribution is -0.120. The van der Waals surface area contributed by atoms with Crippen LogP contribution in [0.5, 0.6) is 0 Å². The average Bonchev–Trinajstić information content (AvgIpc) is 3.13. The average molecular weight is 378 g/mol. The van der Waals surface area contributed by atoms with Crippen LogP contribution in [0.25, 0.3) is 11.1 Å². The van der Waals surface area contributed by atoms with Crippen LogP contribution >= 0.6 is 0 Å². The van der Waals surface area contributed by atoms with Crippen molar-refractivity contribution in [2.45, 2.75) is 19.8 Å². The molecule has 1 aliphatic heterocycles. The molecule has 28 heavy (non-hydrogen) atoms. The van der Waals surface area contributed by atoms with E-state index in [-0.39, 0.29) is 17.7 Å². The Hall–Kier alpha value is -3.35. The number of rotatable bonds is 4. The van der Waals surface area contributed by atoms with Gasteiger partial charge in [0, 0.05) is 37.3 Å². The number of fused-ring (bicyclic) bond motifs is 1. The van der Waals surface area contributed by atoms with Crippen LogP contribution in [0.1, 0.15) is 19.8 Å². The van der Waals surface area contributed by atoms with Gasteiger partial charge in [-0.25, -0.2) is 0 Å². The Morgan fingerprint density at radius 1 is 1.00 bits per heavy atom. The summed E-state index contributed by atoms with van der Waals surface area (Å²) in [5.41, 5.74) is 3.05. The van der Waals surface area contributed by atoms with Crippen LogP contribution in [-0.2, 0) is 9.59 Å². The standard InChI is InChI=1S/C21H22N4O3/c1-14(26)22-16-6-8-17(9-7-16)23-20(27)15-10-12-25(13-11-15)21-24-18-4-2-3-5-19(18)28-21/h2-9,15H,10-13H2,1H3,(H,22,26)(H,23,27). The Balaban J connectivity index is 1.33. The fraction of sp³-hybridized carbons (Fsp3) is 0.286. The minimum atomic E-state index is -0.123. The minimum absolute atomic E-state index is 0.0180. The smallest absolute Gasteiger partial charge is 0.298 e. The van der Waals surface area contributed by atoms with Crippen LogP contribution in [0.2, 0.25) is 0 Å². The second kappa shape index (κ2) is 7.72. The fourth-order valence-electron chi connectivity index (χ4n) is 3.41. The quantitative estimate of drug-likeness (QED) is 0.724. The summed E-state index contributed by atoms with van der Waals surface area (Å²) in [6.07, 6.45) is 1.49. The summed E-state index contributed by atoms with van der Waals surface area (Å²) < 4.78 is 5.82. The molecule has 2 aromatic carbocycles. The van der Waals surface area contributed by atoms with Gasteiger partial charge in [-0.05, 0) is 49.2 Å². The molecule has 0 aliphatic carbocycles. The van der Waals surface area contributed by atoms with E-state index in [1.807, 2.05) is 24.3 Å². The van der Waals surface area contributed by atoms with E-state index < -0.39 is 0 Å². The summed E-state index contributed by atoms with van der Waals surface area (Å²) in [5, 5.41) is 5.67. The van der Waals surface area contributed by atoms with Crippen LogP contribution in [0.3, 0.4) is 0 Å². The molecule has 1 aliphatic rings. The molecule has 0 bridgehead atoms. The highest BCUT2D eigenvalue weighted by molar-refractivity contribution is 5.93. The number of nitrogens with zero attached hydrogens (tertiary/aromatic N) is 2. The first-order chi connectivity index (χ1) is 13.6. The number of amides is 2. The number of oxazole rings is 1. The molecule has 0 unspecified atom stereocenters. The molecular weight excluding hydrogens is 356 g/mol. The second-order valence-electron chi connectivity index (χ2n) is 6.97. The topological polar surface area (TPSA) is 87.5 Å². The Kier molecular flexibility index (Phi) is 4.97. The summed E-state index contributed by atoms with van der Waals surface area (Å²) in [6.45, 7) is 2.92. The summed E-state index contributed by atoms with van der Waals surface area (Å²) in [7, 11) is 0. The summed E-state index contributed by atoms with van der Waals surface area (Å²) >= 11 is 0. The maximum absolute atomic E-state index is 12.6. The Morgan fingerprint density at radius 3 is 2.29 bits per heavy atom. The molecular formula is C21H22N4O3. The van der Waals surface area contributed by atoms with Crippen molar-refractivity contribution in [2.24, 2.45) is 5.92 Å². The number of aromatic nitrogens is 1. The molecule has 4 rings (SSSR count).